The Bertz CT molecular complexity index is 626. The molecule has 0 aliphatic heterocycles. The van der Waals surface area contributed by atoms with Crippen LogP contribution in [0.5, 0.6) is 0 Å². The summed E-state index contributed by atoms with van der Waals surface area (Å²) in [5.74, 6) is 0. The number of carbonyl (C=O) groups is 1. The predicted molar refractivity (Wildman–Crippen MR) is 84.0 cm³/mol. The lowest BCUT2D eigenvalue weighted by Crippen LogP contribution is -2.46. The van der Waals surface area contributed by atoms with Gasteiger partial charge in [-0.25, -0.2) is 9.48 Å². The van der Waals surface area contributed by atoms with Gasteiger partial charge in [-0.3, -0.25) is 0 Å². The van der Waals surface area contributed by atoms with Gasteiger partial charge in [-0.2, -0.15) is 5.10 Å². The SMILES string of the molecule is O=C(Nc1cnn(-c2ccccc2)c1)NC1CCCCC1O. The Labute approximate surface area is 129 Å². The Kier molecular flexibility index (Phi) is 4.39. The van der Waals surface area contributed by atoms with Crippen LogP contribution in [0, 0.1) is 0 Å². The third kappa shape index (κ3) is 3.46. The molecule has 6 heteroatoms. The van der Waals surface area contributed by atoms with Crippen LogP contribution in [0.25, 0.3) is 5.69 Å². The number of aromatic nitrogens is 2. The van der Waals surface area contributed by atoms with Crippen LogP contribution in [0.15, 0.2) is 42.7 Å². The Morgan fingerprint density at radius 1 is 1.23 bits per heavy atom. The zero-order valence-corrected chi connectivity index (χ0v) is 12.3. The van der Waals surface area contributed by atoms with Gasteiger partial charge in [0.1, 0.15) is 0 Å². The average molecular weight is 300 g/mol. The van der Waals surface area contributed by atoms with Crippen molar-refractivity contribution < 1.29 is 9.90 Å². The van der Waals surface area contributed by atoms with Crippen molar-refractivity contribution in [2.45, 2.75) is 37.8 Å². The highest BCUT2D eigenvalue weighted by atomic mass is 16.3. The molecule has 2 aromatic rings. The van der Waals surface area contributed by atoms with Crippen molar-refractivity contribution >= 4 is 11.7 Å². The van der Waals surface area contributed by atoms with Gasteiger partial charge in [0.2, 0.25) is 0 Å². The van der Waals surface area contributed by atoms with Gasteiger partial charge < -0.3 is 15.7 Å². The number of urea groups is 1. The molecule has 1 heterocycles. The van der Waals surface area contributed by atoms with Crippen molar-refractivity contribution in [3.8, 4) is 5.69 Å². The average Bonchev–Trinajstić information content (AvgIpc) is 2.99. The number of para-hydroxylation sites is 1. The first-order valence-corrected chi connectivity index (χ1v) is 7.58. The van der Waals surface area contributed by atoms with Crippen molar-refractivity contribution in [2.24, 2.45) is 0 Å². The minimum Gasteiger partial charge on any atom is -0.391 e. The summed E-state index contributed by atoms with van der Waals surface area (Å²) in [4.78, 5) is 12.0. The minimum absolute atomic E-state index is 0.169. The van der Waals surface area contributed by atoms with Crippen molar-refractivity contribution in [1.29, 1.82) is 0 Å². The third-order valence-electron chi connectivity index (χ3n) is 3.91. The van der Waals surface area contributed by atoms with E-state index in [1.54, 1.807) is 17.1 Å². The molecule has 0 spiro atoms. The van der Waals surface area contributed by atoms with Crippen LogP contribution >= 0.6 is 0 Å². The summed E-state index contributed by atoms with van der Waals surface area (Å²) >= 11 is 0. The van der Waals surface area contributed by atoms with Crippen LogP contribution in [-0.4, -0.2) is 33.1 Å². The van der Waals surface area contributed by atoms with Gasteiger partial charge in [-0.15, -0.1) is 0 Å². The van der Waals surface area contributed by atoms with Gasteiger partial charge in [-0.1, -0.05) is 31.0 Å². The van der Waals surface area contributed by atoms with Crippen molar-refractivity contribution in [2.75, 3.05) is 5.32 Å². The first-order chi connectivity index (χ1) is 10.7. The predicted octanol–water partition coefficient (Wildman–Crippen LogP) is 2.30. The second kappa shape index (κ2) is 6.62. The van der Waals surface area contributed by atoms with Crippen LogP contribution in [0.4, 0.5) is 10.5 Å². The van der Waals surface area contributed by atoms with Crippen LogP contribution in [0.3, 0.4) is 0 Å². The molecule has 1 saturated carbocycles. The fourth-order valence-electron chi connectivity index (χ4n) is 2.72. The summed E-state index contributed by atoms with van der Waals surface area (Å²) in [5.41, 5.74) is 1.55. The fraction of sp³-hybridized carbons (Fsp3) is 0.375. The van der Waals surface area contributed by atoms with E-state index >= 15 is 0 Å². The molecule has 2 unspecified atom stereocenters. The van der Waals surface area contributed by atoms with Crippen molar-refractivity contribution in [3.63, 3.8) is 0 Å². The molecule has 3 rings (SSSR count). The first-order valence-electron chi connectivity index (χ1n) is 7.58. The molecule has 22 heavy (non-hydrogen) atoms. The van der Waals surface area contributed by atoms with Gasteiger partial charge in [0.25, 0.3) is 0 Å². The molecule has 3 N–H and O–H groups in total. The molecule has 1 aromatic carbocycles. The molecule has 116 valence electrons. The largest absolute Gasteiger partial charge is 0.391 e. The molecule has 1 aliphatic carbocycles. The lowest BCUT2D eigenvalue weighted by Gasteiger charge is -2.28. The molecular formula is C16H20N4O2. The molecule has 1 aliphatic rings. The maximum atomic E-state index is 12.0. The number of aliphatic hydroxyl groups is 1. The molecule has 0 bridgehead atoms. The number of carbonyl (C=O) groups excluding carboxylic acids is 1. The maximum absolute atomic E-state index is 12.0. The normalized spacial score (nSPS) is 21.3. The van der Waals surface area contributed by atoms with E-state index in [-0.39, 0.29) is 12.1 Å². The van der Waals surface area contributed by atoms with E-state index in [2.05, 4.69) is 15.7 Å². The molecule has 0 radical (unpaired) electrons. The summed E-state index contributed by atoms with van der Waals surface area (Å²) in [5, 5.41) is 19.7. The highest BCUT2D eigenvalue weighted by Gasteiger charge is 2.24. The summed E-state index contributed by atoms with van der Waals surface area (Å²) < 4.78 is 1.70. The summed E-state index contributed by atoms with van der Waals surface area (Å²) in [7, 11) is 0. The molecule has 2 amide bonds. The molecule has 1 fully saturated rings. The van der Waals surface area contributed by atoms with Crippen LogP contribution < -0.4 is 10.6 Å². The second-order valence-corrected chi connectivity index (χ2v) is 5.57. The first kappa shape index (κ1) is 14.6. The number of rotatable bonds is 3. The Balaban J connectivity index is 1.59. The van der Waals surface area contributed by atoms with E-state index in [0.717, 1.165) is 31.4 Å². The van der Waals surface area contributed by atoms with E-state index in [1.807, 2.05) is 30.3 Å². The maximum Gasteiger partial charge on any atom is 0.319 e. The van der Waals surface area contributed by atoms with E-state index in [9.17, 15) is 9.90 Å². The molecule has 0 saturated heterocycles. The zero-order chi connectivity index (χ0) is 15.4. The monoisotopic (exact) mass is 300 g/mol. The molecule has 6 nitrogen and oxygen atoms in total. The summed E-state index contributed by atoms with van der Waals surface area (Å²) in [6.07, 6.45) is 6.52. The van der Waals surface area contributed by atoms with Crippen molar-refractivity contribution in [3.05, 3.63) is 42.7 Å². The van der Waals surface area contributed by atoms with Gasteiger partial charge >= 0.3 is 6.03 Å². The highest BCUT2D eigenvalue weighted by Crippen LogP contribution is 2.18. The number of benzene rings is 1. The number of aliphatic hydroxyl groups excluding tert-OH is 1. The Hall–Kier alpha value is -2.34. The zero-order valence-electron chi connectivity index (χ0n) is 12.3. The smallest absolute Gasteiger partial charge is 0.319 e. The van der Waals surface area contributed by atoms with Crippen LogP contribution in [0.1, 0.15) is 25.7 Å². The summed E-state index contributed by atoms with van der Waals surface area (Å²) in [6.45, 7) is 0. The number of hydrogen-bond acceptors (Lipinski definition) is 3. The molecular weight excluding hydrogens is 280 g/mol. The standard InChI is InChI=1S/C16H20N4O2/c21-15-9-5-4-8-14(15)19-16(22)18-12-10-17-20(11-12)13-6-2-1-3-7-13/h1-3,6-7,10-11,14-15,21H,4-5,8-9H2,(H2,18,19,22). The van der Waals surface area contributed by atoms with Crippen LogP contribution in [0.2, 0.25) is 0 Å². The van der Waals surface area contributed by atoms with E-state index < -0.39 is 6.10 Å². The highest BCUT2D eigenvalue weighted by molar-refractivity contribution is 5.89. The topological polar surface area (TPSA) is 79.2 Å². The third-order valence-corrected chi connectivity index (χ3v) is 3.91. The lowest BCUT2D eigenvalue weighted by molar-refractivity contribution is 0.0955. The van der Waals surface area contributed by atoms with Gasteiger partial charge in [0.05, 0.1) is 35.9 Å². The van der Waals surface area contributed by atoms with Gasteiger partial charge in [0, 0.05) is 0 Å². The lowest BCUT2D eigenvalue weighted by atomic mass is 9.93. The van der Waals surface area contributed by atoms with E-state index in [1.165, 1.54) is 0 Å². The number of hydrogen-bond donors (Lipinski definition) is 3. The van der Waals surface area contributed by atoms with Crippen LogP contribution in [-0.2, 0) is 0 Å². The number of anilines is 1. The Morgan fingerprint density at radius 2 is 2.00 bits per heavy atom. The summed E-state index contributed by atoms with van der Waals surface area (Å²) in [6, 6.07) is 9.21. The number of amides is 2. The van der Waals surface area contributed by atoms with Gasteiger partial charge in [0.15, 0.2) is 0 Å². The van der Waals surface area contributed by atoms with Gasteiger partial charge in [-0.05, 0) is 25.0 Å². The molecule has 1 aromatic heterocycles. The van der Waals surface area contributed by atoms with Crippen molar-refractivity contribution in [1.82, 2.24) is 15.1 Å². The number of nitrogens with zero attached hydrogens (tertiary/aromatic N) is 2. The molecule has 2 atom stereocenters. The number of nitrogens with one attached hydrogen (secondary N) is 2. The van der Waals surface area contributed by atoms with E-state index in [4.69, 9.17) is 0 Å². The second-order valence-electron chi connectivity index (χ2n) is 5.57. The Morgan fingerprint density at radius 3 is 2.77 bits per heavy atom. The fourth-order valence-corrected chi connectivity index (χ4v) is 2.72. The minimum atomic E-state index is -0.452. The van der Waals surface area contributed by atoms with E-state index in [0.29, 0.717) is 5.69 Å². The quantitative estimate of drug-likeness (QED) is 0.813.